The zero-order chi connectivity index (χ0) is 11.7. The van der Waals surface area contributed by atoms with Gasteiger partial charge >= 0.3 is 0 Å². The number of benzene rings is 1. The van der Waals surface area contributed by atoms with Crippen LogP contribution < -0.4 is 5.32 Å². The van der Waals surface area contributed by atoms with Gasteiger partial charge < -0.3 is 5.32 Å². The molecule has 1 N–H and O–H groups in total. The fraction of sp³-hybridized carbons (Fsp3) is 0.538. The van der Waals surface area contributed by atoms with Gasteiger partial charge in [0.25, 0.3) is 0 Å². The van der Waals surface area contributed by atoms with Crippen LogP contribution in [-0.2, 0) is 10.8 Å². The fourth-order valence-corrected chi connectivity index (χ4v) is 3.60. The molecule has 0 amide bonds. The van der Waals surface area contributed by atoms with Crippen molar-refractivity contribution in [3.8, 4) is 0 Å². The molecule has 2 nitrogen and oxygen atoms in total. The second-order valence-corrected chi connectivity index (χ2v) is 6.28. The minimum absolute atomic E-state index is 0.254. The molecule has 1 aliphatic rings. The van der Waals surface area contributed by atoms with E-state index in [0.29, 0.717) is 6.04 Å². The smallest absolute Gasteiger partial charge is 0.0439 e. The molecule has 1 fully saturated rings. The van der Waals surface area contributed by atoms with E-state index in [9.17, 15) is 4.21 Å². The largest absolute Gasteiger partial charge is 0.306 e. The van der Waals surface area contributed by atoms with Crippen LogP contribution in [0.4, 0.5) is 0 Å². The lowest BCUT2D eigenvalue weighted by atomic mass is 10.0. The zero-order valence-electron chi connectivity index (χ0n) is 10.1. The normalized spacial score (nSPS) is 30.3. The molecule has 88 valence electrons. The Morgan fingerprint density at radius 1 is 1.25 bits per heavy atom. The van der Waals surface area contributed by atoms with Gasteiger partial charge in [-0.1, -0.05) is 18.2 Å². The maximum Gasteiger partial charge on any atom is 0.0439 e. The van der Waals surface area contributed by atoms with Crippen molar-refractivity contribution in [2.75, 3.05) is 11.5 Å². The van der Waals surface area contributed by atoms with Crippen LogP contribution in [0.15, 0.2) is 18.2 Å². The fourth-order valence-electron chi connectivity index (χ4n) is 2.15. The van der Waals surface area contributed by atoms with Gasteiger partial charge in [0.05, 0.1) is 0 Å². The Labute approximate surface area is 99.9 Å². The van der Waals surface area contributed by atoms with Gasteiger partial charge in [0, 0.05) is 34.4 Å². The molecule has 1 aliphatic heterocycles. The Balaban J connectivity index is 2.23. The van der Waals surface area contributed by atoms with Crippen LogP contribution in [0.3, 0.4) is 0 Å². The average molecular weight is 237 g/mol. The van der Waals surface area contributed by atoms with Crippen molar-refractivity contribution in [3.05, 3.63) is 34.9 Å². The molecule has 3 heteroatoms. The molecular weight excluding hydrogens is 218 g/mol. The summed E-state index contributed by atoms with van der Waals surface area (Å²) in [5, 5.41) is 3.52. The molecule has 1 heterocycles. The first-order valence-electron chi connectivity index (χ1n) is 5.74. The predicted octanol–water partition coefficient (Wildman–Crippen LogP) is 2.08. The first-order valence-corrected chi connectivity index (χ1v) is 7.23. The minimum Gasteiger partial charge on any atom is -0.306 e. The highest BCUT2D eigenvalue weighted by molar-refractivity contribution is 7.85. The summed E-state index contributed by atoms with van der Waals surface area (Å²) in [6.07, 6.45) is 0. The Kier molecular flexibility index (Phi) is 3.45. The summed E-state index contributed by atoms with van der Waals surface area (Å²) < 4.78 is 11.7. The van der Waals surface area contributed by atoms with Gasteiger partial charge in [-0.05, 0) is 37.5 Å². The van der Waals surface area contributed by atoms with Crippen LogP contribution in [0.25, 0.3) is 0 Å². The number of rotatable bonds is 1. The van der Waals surface area contributed by atoms with Crippen LogP contribution in [0.5, 0.6) is 0 Å². The first kappa shape index (κ1) is 11.8. The number of aryl methyl sites for hydroxylation is 2. The molecule has 1 saturated heterocycles. The summed E-state index contributed by atoms with van der Waals surface area (Å²) in [6, 6.07) is 7.11. The summed E-state index contributed by atoms with van der Waals surface area (Å²) in [5.41, 5.74) is 3.89. The van der Waals surface area contributed by atoms with E-state index in [0.717, 1.165) is 11.5 Å². The maximum absolute atomic E-state index is 11.7. The van der Waals surface area contributed by atoms with E-state index in [1.807, 2.05) is 0 Å². The van der Waals surface area contributed by atoms with E-state index >= 15 is 0 Å². The van der Waals surface area contributed by atoms with Gasteiger partial charge in [0.15, 0.2) is 0 Å². The van der Waals surface area contributed by atoms with Crippen LogP contribution >= 0.6 is 0 Å². The van der Waals surface area contributed by atoms with Crippen molar-refractivity contribution in [2.45, 2.75) is 32.9 Å². The first-order chi connectivity index (χ1) is 7.56. The van der Waals surface area contributed by atoms with Gasteiger partial charge in [-0.2, -0.15) is 0 Å². The van der Waals surface area contributed by atoms with Crippen molar-refractivity contribution in [1.82, 2.24) is 5.32 Å². The molecule has 0 aliphatic carbocycles. The van der Waals surface area contributed by atoms with Gasteiger partial charge in [-0.25, -0.2) is 0 Å². The summed E-state index contributed by atoms with van der Waals surface area (Å²) in [7, 11) is -0.675. The van der Waals surface area contributed by atoms with Crippen molar-refractivity contribution in [2.24, 2.45) is 0 Å². The van der Waals surface area contributed by atoms with Gasteiger partial charge in [0.1, 0.15) is 0 Å². The van der Waals surface area contributed by atoms with E-state index in [2.05, 4.69) is 44.3 Å². The quantitative estimate of drug-likeness (QED) is 0.810. The van der Waals surface area contributed by atoms with Crippen LogP contribution in [-0.4, -0.2) is 21.8 Å². The Morgan fingerprint density at radius 3 is 2.62 bits per heavy atom. The van der Waals surface area contributed by atoms with E-state index in [-0.39, 0.29) is 6.04 Å². The maximum atomic E-state index is 11.7. The molecule has 16 heavy (non-hydrogen) atoms. The predicted molar refractivity (Wildman–Crippen MR) is 69.1 cm³/mol. The van der Waals surface area contributed by atoms with Crippen LogP contribution in [0, 0.1) is 13.8 Å². The SMILES string of the molecule is Cc1ccc(C2CS(=O)CC(C)N2)cc1C. The van der Waals surface area contributed by atoms with Crippen LogP contribution in [0.1, 0.15) is 29.7 Å². The number of hydrogen-bond donors (Lipinski definition) is 1. The lowest BCUT2D eigenvalue weighted by Gasteiger charge is -2.29. The Morgan fingerprint density at radius 2 is 2.00 bits per heavy atom. The minimum atomic E-state index is -0.675. The zero-order valence-corrected chi connectivity index (χ0v) is 10.9. The van der Waals surface area contributed by atoms with Crippen molar-refractivity contribution >= 4 is 10.8 Å². The second kappa shape index (κ2) is 4.68. The van der Waals surface area contributed by atoms with Gasteiger partial charge in [0.2, 0.25) is 0 Å². The Hall–Kier alpha value is -0.670. The van der Waals surface area contributed by atoms with E-state index in [1.165, 1.54) is 16.7 Å². The summed E-state index contributed by atoms with van der Waals surface area (Å²) >= 11 is 0. The molecule has 1 aromatic rings. The topological polar surface area (TPSA) is 29.1 Å². The summed E-state index contributed by atoms with van der Waals surface area (Å²) in [6.45, 7) is 6.35. The molecule has 0 bridgehead atoms. The third kappa shape index (κ3) is 2.53. The highest BCUT2D eigenvalue weighted by Gasteiger charge is 2.24. The molecule has 3 atom stereocenters. The van der Waals surface area contributed by atoms with E-state index in [4.69, 9.17) is 0 Å². The lowest BCUT2D eigenvalue weighted by molar-refractivity contribution is 0.489. The lowest BCUT2D eigenvalue weighted by Crippen LogP contribution is -2.43. The molecule has 0 radical (unpaired) electrons. The Bertz CT molecular complexity index is 416. The standard InChI is InChI=1S/C13H19NOS/c1-9-4-5-12(6-10(9)2)13-8-16(15)7-11(3)14-13/h4-6,11,13-14H,7-8H2,1-3H3. The van der Waals surface area contributed by atoms with Crippen LogP contribution in [0.2, 0.25) is 0 Å². The monoisotopic (exact) mass is 237 g/mol. The van der Waals surface area contributed by atoms with Crippen molar-refractivity contribution in [1.29, 1.82) is 0 Å². The summed E-state index contributed by atoms with van der Waals surface area (Å²) in [4.78, 5) is 0. The van der Waals surface area contributed by atoms with Crippen molar-refractivity contribution in [3.63, 3.8) is 0 Å². The van der Waals surface area contributed by atoms with Gasteiger partial charge in [-0.15, -0.1) is 0 Å². The van der Waals surface area contributed by atoms with Gasteiger partial charge in [-0.3, -0.25) is 4.21 Å². The number of hydrogen-bond acceptors (Lipinski definition) is 2. The molecular formula is C13H19NOS. The second-order valence-electron chi connectivity index (χ2n) is 4.74. The van der Waals surface area contributed by atoms with E-state index < -0.39 is 10.8 Å². The van der Waals surface area contributed by atoms with E-state index in [1.54, 1.807) is 0 Å². The number of nitrogens with one attached hydrogen (secondary N) is 1. The third-order valence-electron chi connectivity index (χ3n) is 3.21. The third-order valence-corrected chi connectivity index (χ3v) is 4.78. The average Bonchev–Trinajstić information content (AvgIpc) is 2.20. The highest BCUT2D eigenvalue weighted by atomic mass is 32.2. The molecule has 2 rings (SSSR count). The highest BCUT2D eigenvalue weighted by Crippen LogP contribution is 2.21. The van der Waals surface area contributed by atoms with Crippen molar-refractivity contribution < 1.29 is 4.21 Å². The summed E-state index contributed by atoms with van der Waals surface area (Å²) in [5.74, 6) is 1.52. The molecule has 0 aromatic heterocycles. The molecule has 3 unspecified atom stereocenters. The molecule has 1 aromatic carbocycles. The molecule has 0 spiro atoms. The molecule has 0 saturated carbocycles.